The third-order valence-electron chi connectivity index (χ3n) is 2.01. The van der Waals surface area contributed by atoms with Crippen molar-refractivity contribution in [1.82, 2.24) is 5.32 Å². The maximum Gasteiger partial charge on any atom is 0.303 e. The smallest absolute Gasteiger partial charge is 0.303 e. The van der Waals surface area contributed by atoms with Crippen LogP contribution in [0.15, 0.2) is 0 Å². The first-order valence-corrected chi connectivity index (χ1v) is 4.56. The molecule has 6 nitrogen and oxygen atoms in total. The molecule has 1 heterocycles. The molecule has 3 unspecified atom stereocenters. The number of ether oxygens (including phenoxy) is 2. The number of carbonyl (C=O) groups excluding carboxylic acids is 3. The average Bonchev–Trinajstić information content (AvgIpc) is 2.30. The molecule has 1 N–H and O–H groups in total. The van der Waals surface area contributed by atoms with Crippen LogP contribution in [-0.2, 0) is 23.9 Å². The van der Waals surface area contributed by atoms with Crippen molar-refractivity contribution in [3.63, 3.8) is 0 Å². The Balaban J connectivity index is 2.75. The van der Waals surface area contributed by atoms with E-state index in [1.807, 2.05) is 0 Å². The summed E-state index contributed by atoms with van der Waals surface area (Å²) in [7, 11) is 0. The van der Waals surface area contributed by atoms with E-state index in [4.69, 9.17) is 9.47 Å². The first-order chi connectivity index (χ1) is 6.91. The van der Waals surface area contributed by atoms with Gasteiger partial charge in [-0.15, -0.1) is 0 Å². The molecular formula is C9H13NO5. The van der Waals surface area contributed by atoms with E-state index in [0.717, 1.165) is 0 Å². The standard InChI is InChI=1S/C9H13NO5/c1-4-7(14-5(2)11)8(9(13)10-4)15-6(3)12/h4,7-8H,1-3H3,(H,10,13). The zero-order valence-corrected chi connectivity index (χ0v) is 8.77. The first-order valence-electron chi connectivity index (χ1n) is 4.56. The molecule has 0 bridgehead atoms. The van der Waals surface area contributed by atoms with Gasteiger partial charge in [-0.25, -0.2) is 0 Å². The largest absolute Gasteiger partial charge is 0.456 e. The monoisotopic (exact) mass is 215 g/mol. The lowest BCUT2D eigenvalue weighted by molar-refractivity contribution is -0.165. The van der Waals surface area contributed by atoms with E-state index in [-0.39, 0.29) is 6.04 Å². The summed E-state index contributed by atoms with van der Waals surface area (Å²) in [5.74, 6) is -1.54. The number of hydrogen-bond acceptors (Lipinski definition) is 5. The first kappa shape index (κ1) is 11.5. The second-order valence-corrected chi connectivity index (χ2v) is 3.40. The molecule has 1 rings (SSSR count). The number of rotatable bonds is 2. The number of hydrogen-bond donors (Lipinski definition) is 1. The zero-order chi connectivity index (χ0) is 11.6. The Labute approximate surface area is 86.9 Å². The van der Waals surface area contributed by atoms with E-state index in [1.54, 1.807) is 6.92 Å². The lowest BCUT2D eigenvalue weighted by Crippen LogP contribution is -2.37. The van der Waals surface area contributed by atoms with Gasteiger partial charge in [-0.3, -0.25) is 14.4 Å². The Morgan fingerprint density at radius 2 is 1.73 bits per heavy atom. The van der Waals surface area contributed by atoms with Crippen LogP contribution >= 0.6 is 0 Å². The van der Waals surface area contributed by atoms with Crippen LogP contribution in [0, 0.1) is 0 Å². The van der Waals surface area contributed by atoms with Crippen molar-refractivity contribution in [3.05, 3.63) is 0 Å². The van der Waals surface area contributed by atoms with Crippen LogP contribution in [0.3, 0.4) is 0 Å². The maximum absolute atomic E-state index is 11.3. The molecule has 1 aliphatic heterocycles. The van der Waals surface area contributed by atoms with E-state index in [0.29, 0.717) is 0 Å². The van der Waals surface area contributed by atoms with Gasteiger partial charge in [-0.05, 0) is 6.92 Å². The molecule has 1 saturated heterocycles. The molecule has 3 atom stereocenters. The second kappa shape index (κ2) is 4.29. The summed E-state index contributed by atoms with van der Waals surface area (Å²) in [6.07, 6.45) is -1.79. The highest BCUT2D eigenvalue weighted by Crippen LogP contribution is 2.16. The molecule has 6 heteroatoms. The SMILES string of the molecule is CC(=O)OC1C(=O)NC(C)C1OC(C)=O. The van der Waals surface area contributed by atoms with Gasteiger partial charge >= 0.3 is 11.9 Å². The Bertz CT molecular complexity index is 301. The van der Waals surface area contributed by atoms with Gasteiger partial charge in [-0.1, -0.05) is 0 Å². The van der Waals surface area contributed by atoms with E-state index in [2.05, 4.69) is 5.32 Å². The third-order valence-corrected chi connectivity index (χ3v) is 2.01. The van der Waals surface area contributed by atoms with Crippen LogP contribution in [0.25, 0.3) is 0 Å². The van der Waals surface area contributed by atoms with E-state index >= 15 is 0 Å². The maximum atomic E-state index is 11.3. The van der Waals surface area contributed by atoms with Crippen molar-refractivity contribution in [2.45, 2.75) is 39.0 Å². The fourth-order valence-electron chi connectivity index (χ4n) is 1.45. The van der Waals surface area contributed by atoms with Gasteiger partial charge in [0.2, 0.25) is 6.10 Å². The minimum absolute atomic E-state index is 0.356. The molecule has 1 amide bonds. The van der Waals surface area contributed by atoms with Crippen LogP contribution in [0.2, 0.25) is 0 Å². The van der Waals surface area contributed by atoms with Crippen molar-refractivity contribution >= 4 is 17.8 Å². The van der Waals surface area contributed by atoms with Gasteiger partial charge in [0.1, 0.15) is 0 Å². The summed E-state index contributed by atoms with van der Waals surface area (Å²) in [4.78, 5) is 32.9. The Morgan fingerprint density at radius 1 is 1.20 bits per heavy atom. The minimum atomic E-state index is -1.04. The van der Waals surface area contributed by atoms with Crippen LogP contribution in [0.1, 0.15) is 20.8 Å². The van der Waals surface area contributed by atoms with Gasteiger partial charge < -0.3 is 14.8 Å². The van der Waals surface area contributed by atoms with E-state index in [9.17, 15) is 14.4 Å². The van der Waals surface area contributed by atoms with Crippen LogP contribution in [-0.4, -0.2) is 36.1 Å². The average molecular weight is 215 g/mol. The predicted octanol–water partition coefficient (Wildman–Crippen LogP) is -0.632. The minimum Gasteiger partial charge on any atom is -0.456 e. The summed E-state index contributed by atoms with van der Waals surface area (Å²) < 4.78 is 9.69. The number of carbonyl (C=O) groups is 3. The van der Waals surface area contributed by atoms with Gasteiger partial charge in [0.05, 0.1) is 6.04 Å². The summed E-state index contributed by atoms with van der Waals surface area (Å²) in [6.45, 7) is 4.11. The van der Waals surface area contributed by atoms with Crippen LogP contribution in [0.5, 0.6) is 0 Å². The fourth-order valence-corrected chi connectivity index (χ4v) is 1.45. The van der Waals surface area contributed by atoms with Crippen molar-refractivity contribution in [2.75, 3.05) is 0 Å². The van der Waals surface area contributed by atoms with Crippen LogP contribution in [0.4, 0.5) is 0 Å². The zero-order valence-electron chi connectivity index (χ0n) is 8.77. The van der Waals surface area contributed by atoms with Crippen LogP contribution < -0.4 is 5.32 Å². The van der Waals surface area contributed by atoms with Crippen molar-refractivity contribution in [3.8, 4) is 0 Å². The summed E-state index contributed by atoms with van der Waals surface area (Å²) >= 11 is 0. The highest BCUT2D eigenvalue weighted by molar-refractivity contribution is 5.87. The highest BCUT2D eigenvalue weighted by atomic mass is 16.6. The molecule has 0 aromatic heterocycles. The van der Waals surface area contributed by atoms with E-state index < -0.39 is 30.1 Å². The highest BCUT2D eigenvalue weighted by Gasteiger charge is 2.44. The van der Waals surface area contributed by atoms with Gasteiger partial charge in [0.15, 0.2) is 6.10 Å². The predicted molar refractivity (Wildman–Crippen MR) is 48.7 cm³/mol. The molecule has 0 aliphatic carbocycles. The summed E-state index contributed by atoms with van der Waals surface area (Å²) in [5, 5.41) is 2.53. The lowest BCUT2D eigenvalue weighted by atomic mass is 10.1. The summed E-state index contributed by atoms with van der Waals surface area (Å²) in [5.41, 5.74) is 0. The molecule has 1 fully saturated rings. The van der Waals surface area contributed by atoms with Crippen molar-refractivity contribution in [1.29, 1.82) is 0 Å². The molecule has 1 aliphatic rings. The number of nitrogens with one attached hydrogen (secondary N) is 1. The van der Waals surface area contributed by atoms with Crippen molar-refractivity contribution in [2.24, 2.45) is 0 Å². The topological polar surface area (TPSA) is 81.7 Å². The molecule has 0 saturated carbocycles. The van der Waals surface area contributed by atoms with Gasteiger partial charge in [0.25, 0.3) is 5.91 Å². The Kier molecular flexibility index (Phi) is 3.28. The number of amides is 1. The van der Waals surface area contributed by atoms with Gasteiger partial charge in [-0.2, -0.15) is 0 Å². The molecule has 15 heavy (non-hydrogen) atoms. The van der Waals surface area contributed by atoms with Gasteiger partial charge in [0, 0.05) is 13.8 Å². The van der Waals surface area contributed by atoms with E-state index in [1.165, 1.54) is 13.8 Å². The molecule has 0 aromatic rings. The normalized spacial score (nSPS) is 29.5. The third kappa shape index (κ3) is 2.68. The molecule has 0 radical (unpaired) electrons. The lowest BCUT2D eigenvalue weighted by Gasteiger charge is -2.19. The molecule has 84 valence electrons. The summed E-state index contributed by atoms with van der Waals surface area (Å²) in [6, 6.07) is -0.356. The molecule has 0 aromatic carbocycles. The number of esters is 2. The fraction of sp³-hybridized carbons (Fsp3) is 0.667. The van der Waals surface area contributed by atoms with Crippen molar-refractivity contribution < 1.29 is 23.9 Å². The molecule has 0 spiro atoms. The molecular weight excluding hydrogens is 202 g/mol. The quantitative estimate of drug-likeness (QED) is 0.620. The Morgan fingerprint density at radius 3 is 2.20 bits per heavy atom. The second-order valence-electron chi connectivity index (χ2n) is 3.40. The Hall–Kier alpha value is -1.59.